The van der Waals surface area contributed by atoms with Crippen LogP contribution < -0.4 is 16.0 Å². The average Bonchev–Trinajstić information content (AvgIpc) is 3.27. The zero-order valence-corrected chi connectivity index (χ0v) is 19.5. The van der Waals surface area contributed by atoms with Crippen LogP contribution in [0.2, 0.25) is 0 Å². The van der Waals surface area contributed by atoms with E-state index in [-0.39, 0.29) is 17.7 Å². The fourth-order valence-electron chi connectivity index (χ4n) is 5.63. The summed E-state index contributed by atoms with van der Waals surface area (Å²) in [5, 5.41) is 15.9. The van der Waals surface area contributed by atoms with Crippen LogP contribution in [0.1, 0.15) is 37.7 Å². The minimum atomic E-state index is -0.791. The second-order valence-corrected chi connectivity index (χ2v) is 9.72. The molecule has 2 aromatic rings. The molecule has 0 unspecified atom stereocenters. The maximum atomic E-state index is 13.5. The largest absolute Gasteiger partial charge is 0.388 e. The van der Waals surface area contributed by atoms with E-state index >= 15 is 0 Å². The summed E-state index contributed by atoms with van der Waals surface area (Å²) in [6.45, 7) is 7.09. The Balaban J connectivity index is 1.21. The standard InChI is InChI=1S/C26H35N5O2/c1-2-30-13-9-21-17-29(19-28-24(21)30)18-26(33)10-14-31(15-11-26)25(32)22-8-12-27-16-23(22)20-6-4-3-5-7-20/h3-7,9,13,17,22-23,27,33H,2,8,10-12,14-16,18-19H2,1H3/t22-,23+/m1/s1. The van der Waals surface area contributed by atoms with Crippen molar-refractivity contribution in [3.05, 3.63) is 58.9 Å². The van der Waals surface area contributed by atoms with Crippen molar-refractivity contribution in [3.8, 4) is 0 Å². The summed E-state index contributed by atoms with van der Waals surface area (Å²) in [4.78, 5) is 22.3. The maximum Gasteiger partial charge on any atom is 0.226 e. The Bertz CT molecular complexity index is 1090. The molecule has 5 rings (SSSR count). The monoisotopic (exact) mass is 449 g/mol. The number of carbonyl (C=O) groups is 1. The minimum Gasteiger partial charge on any atom is -0.388 e. The van der Waals surface area contributed by atoms with E-state index in [1.807, 2.05) is 11.0 Å². The van der Waals surface area contributed by atoms with E-state index in [0.29, 0.717) is 39.1 Å². The molecule has 176 valence electrons. The Morgan fingerprint density at radius 1 is 1.21 bits per heavy atom. The third-order valence-corrected chi connectivity index (χ3v) is 7.56. The third kappa shape index (κ3) is 4.57. The molecule has 4 heterocycles. The lowest BCUT2D eigenvalue weighted by Crippen LogP contribution is -2.54. The van der Waals surface area contributed by atoms with Crippen LogP contribution in [0.4, 0.5) is 0 Å². The molecule has 7 heteroatoms. The number of carbonyl (C=O) groups excluding carboxylic acids is 1. The van der Waals surface area contributed by atoms with Gasteiger partial charge in [0, 0.05) is 62.2 Å². The zero-order valence-electron chi connectivity index (χ0n) is 19.5. The highest BCUT2D eigenvalue weighted by molar-refractivity contribution is 5.80. The lowest BCUT2D eigenvalue weighted by atomic mass is 9.80. The van der Waals surface area contributed by atoms with E-state index < -0.39 is 5.60 Å². The van der Waals surface area contributed by atoms with Crippen LogP contribution >= 0.6 is 0 Å². The number of amides is 1. The molecule has 2 N–H and O–H groups in total. The number of piperidine rings is 2. The molecule has 1 aromatic carbocycles. The first-order valence-electron chi connectivity index (χ1n) is 12.3. The van der Waals surface area contributed by atoms with Gasteiger partial charge in [-0.1, -0.05) is 30.3 Å². The molecular weight excluding hydrogens is 414 g/mol. The van der Waals surface area contributed by atoms with E-state index in [2.05, 4.69) is 64.4 Å². The molecule has 1 amide bonds. The number of benzene rings is 1. The first kappa shape index (κ1) is 22.2. The predicted octanol–water partition coefficient (Wildman–Crippen LogP) is 0.886. The van der Waals surface area contributed by atoms with Crippen LogP contribution in [0, 0.1) is 5.92 Å². The van der Waals surface area contributed by atoms with Crippen molar-refractivity contribution in [2.24, 2.45) is 10.9 Å². The molecule has 33 heavy (non-hydrogen) atoms. The molecule has 0 spiro atoms. The molecule has 0 bridgehead atoms. The van der Waals surface area contributed by atoms with Crippen molar-refractivity contribution in [1.82, 2.24) is 19.7 Å². The fourth-order valence-corrected chi connectivity index (χ4v) is 5.63. The number of aryl methyl sites for hydroxylation is 1. The highest BCUT2D eigenvalue weighted by Crippen LogP contribution is 2.33. The lowest BCUT2D eigenvalue weighted by Gasteiger charge is -2.43. The van der Waals surface area contributed by atoms with E-state index in [9.17, 15) is 9.90 Å². The van der Waals surface area contributed by atoms with Gasteiger partial charge >= 0.3 is 0 Å². The third-order valence-electron chi connectivity index (χ3n) is 7.56. The van der Waals surface area contributed by atoms with Gasteiger partial charge in [0.25, 0.3) is 0 Å². The second kappa shape index (κ2) is 9.31. The first-order chi connectivity index (χ1) is 16.1. The summed E-state index contributed by atoms with van der Waals surface area (Å²) in [7, 11) is 0. The van der Waals surface area contributed by atoms with Crippen molar-refractivity contribution >= 4 is 12.1 Å². The highest BCUT2D eigenvalue weighted by Gasteiger charge is 2.39. The van der Waals surface area contributed by atoms with Gasteiger partial charge in [-0.05, 0) is 44.4 Å². The number of fused-ring (bicyclic) bond motifs is 1. The van der Waals surface area contributed by atoms with E-state index in [1.165, 1.54) is 5.56 Å². The quantitative estimate of drug-likeness (QED) is 0.711. The molecular formula is C26H35N5O2. The fraction of sp³-hybridized carbons (Fsp3) is 0.538. The summed E-state index contributed by atoms with van der Waals surface area (Å²) < 4.78 is 2.14. The van der Waals surface area contributed by atoms with Gasteiger partial charge < -0.3 is 24.8 Å². The Labute approximate surface area is 195 Å². The smallest absolute Gasteiger partial charge is 0.226 e. The molecule has 0 saturated carbocycles. The summed E-state index contributed by atoms with van der Waals surface area (Å²) >= 11 is 0. The van der Waals surface area contributed by atoms with Gasteiger partial charge in [-0.15, -0.1) is 0 Å². The number of hydrogen-bond acceptors (Lipinski definition) is 5. The molecule has 2 fully saturated rings. The normalized spacial score (nSPS) is 24.5. The summed E-state index contributed by atoms with van der Waals surface area (Å²) in [6.07, 6.45) is 6.25. The van der Waals surface area contributed by atoms with Crippen molar-refractivity contribution < 1.29 is 9.90 Å². The summed E-state index contributed by atoms with van der Waals surface area (Å²) in [5.74, 6) is 0.468. The highest BCUT2D eigenvalue weighted by atomic mass is 16.3. The van der Waals surface area contributed by atoms with E-state index in [4.69, 9.17) is 4.99 Å². The van der Waals surface area contributed by atoms with Crippen LogP contribution in [-0.2, 0) is 11.3 Å². The zero-order chi connectivity index (χ0) is 22.8. The van der Waals surface area contributed by atoms with Gasteiger partial charge in [0.1, 0.15) is 12.2 Å². The van der Waals surface area contributed by atoms with Crippen LogP contribution in [0.15, 0.2) is 47.6 Å². The Hall–Kier alpha value is -2.64. The SMILES string of the molecule is CCn1ccc2c1=NCN(CC1(O)CCN(C(=O)[C@@H]3CCNC[C@H]3c3ccccc3)CC1)C=2. The topological polar surface area (TPSA) is 73.1 Å². The summed E-state index contributed by atoms with van der Waals surface area (Å²) in [6, 6.07) is 12.5. The van der Waals surface area contributed by atoms with Gasteiger partial charge in [-0.25, -0.2) is 4.99 Å². The van der Waals surface area contributed by atoms with Gasteiger partial charge in [-0.3, -0.25) is 4.79 Å². The first-order valence-corrected chi connectivity index (χ1v) is 12.3. The lowest BCUT2D eigenvalue weighted by molar-refractivity contribution is -0.141. The van der Waals surface area contributed by atoms with Crippen LogP contribution in [0.3, 0.4) is 0 Å². The van der Waals surface area contributed by atoms with Crippen molar-refractivity contribution in [3.63, 3.8) is 0 Å². The molecule has 0 radical (unpaired) electrons. The molecule has 0 aliphatic carbocycles. The number of hydrogen-bond donors (Lipinski definition) is 2. The Morgan fingerprint density at radius 2 is 2.00 bits per heavy atom. The molecule has 7 nitrogen and oxygen atoms in total. The summed E-state index contributed by atoms with van der Waals surface area (Å²) in [5.41, 5.74) is 1.47. The maximum absolute atomic E-state index is 13.5. The van der Waals surface area contributed by atoms with Crippen LogP contribution in [0.5, 0.6) is 0 Å². The predicted molar refractivity (Wildman–Crippen MR) is 128 cm³/mol. The number of likely N-dealkylation sites (tertiary alicyclic amines) is 1. The van der Waals surface area contributed by atoms with Crippen LogP contribution in [0.25, 0.3) is 6.20 Å². The van der Waals surface area contributed by atoms with Gasteiger partial charge in [-0.2, -0.15) is 0 Å². The minimum absolute atomic E-state index is 0.00935. The Morgan fingerprint density at radius 3 is 2.76 bits per heavy atom. The number of nitrogens with zero attached hydrogens (tertiary/aromatic N) is 4. The van der Waals surface area contributed by atoms with E-state index in [1.54, 1.807) is 0 Å². The molecule has 2 atom stereocenters. The van der Waals surface area contributed by atoms with Crippen molar-refractivity contribution in [1.29, 1.82) is 0 Å². The average molecular weight is 450 g/mol. The van der Waals surface area contributed by atoms with Gasteiger partial charge in [0.2, 0.25) is 5.91 Å². The number of aromatic nitrogens is 1. The number of β-amino-alcohol motifs (C(OH)–C–C–N with tert-alkyl or cyclic N) is 1. The van der Waals surface area contributed by atoms with Gasteiger partial charge in [0.05, 0.1) is 5.60 Å². The molecule has 3 aliphatic heterocycles. The Kier molecular flexibility index (Phi) is 6.25. The number of nitrogens with one attached hydrogen (secondary N) is 1. The number of rotatable bonds is 5. The molecule has 2 saturated heterocycles. The number of aliphatic hydroxyl groups is 1. The van der Waals surface area contributed by atoms with Crippen molar-refractivity contribution in [2.45, 2.75) is 44.2 Å². The molecule has 1 aromatic heterocycles. The second-order valence-electron chi connectivity index (χ2n) is 9.72. The van der Waals surface area contributed by atoms with Crippen LogP contribution in [-0.4, -0.2) is 70.4 Å². The van der Waals surface area contributed by atoms with Gasteiger partial charge in [0.15, 0.2) is 0 Å². The van der Waals surface area contributed by atoms with E-state index in [0.717, 1.165) is 36.8 Å². The van der Waals surface area contributed by atoms with Crippen molar-refractivity contribution in [2.75, 3.05) is 39.4 Å². The molecule has 3 aliphatic rings.